The highest BCUT2D eigenvalue weighted by atomic mass is 16.2. The number of aromatic nitrogens is 2. The first kappa shape index (κ1) is 27.0. The third kappa shape index (κ3) is 8.51. The molecular weight excluding hydrogens is 490 g/mol. The van der Waals surface area contributed by atoms with Gasteiger partial charge in [-0.25, -0.2) is 9.97 Å². The Morgan fingerprint density at radius 3 is 2.10 bits per heavy atom. The fourth-order valence-corrected chi connectivity index (χ4v) is 3.56. The highest BCUT2D eigenvalue weighted by molar-refractivity contribution is 6.05. The molecule has 198 valence electrons. The van der Waals surface area contributed by atoms with Gasteiger partial charge in [-0.1, -0.05) is 29.8 Å². The van der Waals surface area contributed by atoms with Crippen LogP contribution in [0.25, 0.3) is 0 Å². The van der Waals surface area contributed by atoms with E-state index in [0.29, 0.717) is 35.1 Å². The molecule has 0 saturated heterocycles. The van der Waals surface area contributed by atoms with Crippen molar-refractivity contribution in [3.05, 3.63) is 108 Å². The molecule has 3 aromatic carbocycles. The Bertz CT molecular complexity index is 1450. The fraction of sp³-hybridized carbons (Fsp3) is 0.133. The van der Waals surface area contributed by atoms with Crippen LogP contribution in [0.3, 0.4) is 0 Å². The highest BCUT2D eigenvalue weighted by Gasteiger charge is 2.08. The molecule has 0 fully saturated rings. The number of rotatable bonds is 10. The lowest BCUT2D eigenvalue weighted by Gasteiger charge is -2.11. The Morgan fingerprint density at radius 2 is 1.41 bits per heavy atom. The molecule has 1 heterocycles. The van der Waals surface area contributed by atoms with Crippen LogP contribution in [0.2, 0.25) is 0 Å². The average molecular weight is 522 g/mol. The number of nitrogens with zero attached hydrogens (tertiary/aromatic N) is 3. The molecule has 0 radical (unpaired) electrons. The number of aryl methyl sites for hydroxylation is 1. The number of anilines is 6. The third-order valence-corrected chi connectivity index (χ3v) is 5.54. The Hall–Kier alpha value is -5.02. The van der Waals surface area contributed by atoms with Crippen molar-refractivity contribution in [1.82, 2.24) is 14.9 Å². The lowest BCUT2D eigenvalue weighted by Crippen LogP contribution is -2.13. The van der Waals surface area contributed by atoms with Crippen molar-refractivity contribution >= 4 is 46.2 Å². The van der Waals surface area contributed by atoms with Gasteiger partial charge < -0.3 is 26.2 Å². The predicted octanol–water partition coefficient (Wildman–Crippen LogP) is 5.58. The lowest BCUT2D eigenvalue weighted by atomic mass is 10.2. The zero-order valence-electron chi connectivity index (χ0n) is 22.1. The molecule has 1 aromatic heterocycles. The maximum atomic E-state index is 12.8. The number of carbonyl (C=O) groups is 2. The topological polar surface area (TPSA) is 111 Å². The van der Waals surface area contributed by atoms with Crippen LogP contribution < -0.4 is 21.3 Å². The molecule has 4 rings (SSSR count). The molecule has 0 unspecified atom stereocenters. The SMILES string of the molecule is Cc1ccc(Nc2cc(Nc3cccc(NC(=O)c4ccc(NC(=O)/C=C/CN(C)C)cc4)c3)ncn2)cc1. The molecule has 0 saturated carbocycles. The van der Waals surface area contributed by atoms with Crippen molar-refractivity contribution in [2.24, 2.45) is 0 Å². The second-order valence-electron chi connectivity index (χ2n) is 9.17. The van der Waals surface area contributed by atoms with E-state index in [1.807, 2.05) is 80.5 Å². The van der Waals surface area contributed by atoms with Crippen molar-refractivity contribution in [2.75, 3.05) is 41.9 Å². The van der Waals surface area contributed by atoms with Gasteiger partial charge >= 0.3 is 0 Å². The quantitative estimate of drug-likeness (QED) is 0.202. The molecule has 2 amide bonds. The number of carbonyl (C=O) groups excluding carboxylic acids is 2. The molecule has 0 aliphatic heterocycles. The van der Waals surface area contributed by atoms with Gasteiger partial charge in [-0.3, -0.25) is 9.59 Å². The Labute approximate surface area is 228 Å². The van der Waals surface area contributed by atoms with Crippen LogP contribution >= 0.6 is 0 Å². The first-order valence-electron chi connectivity index (χ1n) is 12.4. The van der Waals surface area contributed by atoms with Crippen LogP contribution in [0.4, 0.5) is 34.4 Å². The molecule has 9 nitrogen and oxygen atoms in total. The molecule has 39 heavy (non-hydrogen) atoms. The van der Waals surface area contributed by atoms with Gasteiger partial charge in [-0.2, -0.15) is 0 Å². The Balaban J connectivity index is 1.34. The summed E-state index contributed by atoms with van der Waals surface area (Å²) in [6.45, 7) is 2.71. The number of nitrogens with one attached hydrogen (secondary N) is 4. The van der Waals surface area contributed by atoms with Crippen LogP contribution in [-0.4, -0.2) is 47.3 Å². The van der Waals surface area contributed by atoms with E-state index in [9.17, 15) is 9.59 Å². The standard InChI is InChI=1S/C30H31N7O2/c1-21-9-13-23(14-10-21)33-27-19-28(32-20-31-27)34-25-6-4-7-26(18-25)36-30(39)22-11-15-24(16-12-22)35-29(38)8-5-17-37(2)3/h4-16,18-20H,17H2,1-3H3,(H,35,38)(H,36,39)(H2,31,32,33,34)/b8-5+. The summed E-state index contributed by atoms with van der Waals surface area (Å²) in [6.07, 6.45) is 4.76. The largest absolute Gasteiger partial charge is 0.340 e. The number of hydrogen-bond donors (Lipinski definition) is 4. The van der Waals surface area contributed by atoms with E-state index in [1.165, 1.54) is 18.0 Å². The van der Waals surface area contributed by atoms with Gasteiger partial charge in [0.05, 0.1) is 0 Å². The number of benzene rings is 3. The van der Waals surface area contributed by atoms with Crippen molar-refractivity contribution in [1.29, 1.82) is 0 Å². The van der Waals surface area contributed by atoms with Crippen LogP contribution in [0.1, 0.15) is 15.9 Å². The molecule has 4 aromatic rings. The maximum Gasteiger partial charge on any atom is 0.255 e. The zero-order chi connectivity index (χ0) is 27.6. The van der Waals surface area contributed by atoms with Gasteiger partial charge in [0.15, 0.2) is 0 Å². The molecular formula is C30H31N7O2. The minimum Gasteiger partial charge on any atom is -0.340 e. The first-order chi connectivity index (χ1) is 18.8. The predicted molar refractivity (Wildman–Crippen MR) is 157 cm³/mol. The van der Waals surface area contributed by atoms with Crippen molar-refractivity contribution in [2.45, 2.75) is 6.92 Å². The van der Waals surface area contributed by atoms with Gasteiger partial charge in [0.1, 0.15) is 18.0 Å². The summed E-state index contributed by atoms with van der Waals surface area (Å²) in [7, 11) is 3.86. The lowest BCUT2D eigenvalue weighted by molar-refractivity contribution is -0.111. The van der Waals surface area contributed by atoms with Crippen LogP contribution in [0.5, 0.6) is 0 Å². The zero-order valence-corrected chi connectivity index (χ0v) is 22.1. The second-order valence-corrected chi connectivity index (χ2v) is 9.17. The van der Waals surface area contributed by atoms with Gasteiger partial charge in [0.25, 0.3) is 5.91 Å². The molecule has 0 atom stereocenters. The minimum absolute atomic E-state index is 0.222. The van der Waals surface area contributed by atoms with E-state index in [1.54, 1.807) is 30.3 Å². The molecule has 0 spiro atoms. The summed E-state index contributed by atoms with van der Waals surface area (Å²) in [6, 6.07) is 23.9. The Morgan fingerprint density at radius 1 is 0.769 bits per heavy atom. The molecule has 0 bridgehead atoms. The Kier molecular flexibility index (Phi) is 8.99. The average Bonchev–Trinajstić information content (AvgIpc) is 2.90. The van der Waals surface area contributed by atoms with Crippen LogP contribution in [0.15, 0.2) is 97.3 Å². The summed E-state index contributed by atoms with van der Waals surface area (Å²) >= 11 is 0. The van der Waals surface area contributed by atoms with Gasteiger partial charge in [-0.05, 0) is 75.6 Å². The number of amides is 2. The smallest absolute Gasteiger partial charge is 0.255 e. The van der Waals surface area contributed by atoms with Crippen molar-refractivity contribution < 1.29 is 9.59 Å². The van der Waals surface area contributed by atoms with Gasteiger partial charge in [0, 0.05) is 47.0 Å². The fourth-order valence-electron chi connectivity index (χ4n) is 3.56. The normalized spacial score (nSPS) is 10.9. The summed E-state index contributed by atoms with van der Waals surface area (Å²) in [5.41, 5.74) is 4.58. The molecule has 0 aliphatic rings. The highest BCUT2D eigenvalue weighted by Crippen LogP contribution is 2.22. The first-order valence-corrected chi connectivity index (χ1v) is 12.4. The van der Waals surface area contributed by atoms with E-state index >= 15 is 0 Å². The maximum absolute atomic E-state index is 12.8. The van der Waals surface area contributed by atoms with Crippen LogP contribution in [0, 0.1) is 6.92 Å². The summed E-state index contributed by atoms with van der Waals surface area (Å²) in [4.78, 5) is 35.4. The van der Waals surface area contributed by atoms with E-state index < -0.39 is 0 Å². The molecule has 0 aliphatic carbocycles. The van der Waals surface area contributed by atoms with E-state index in [-0.39, 0.29) is 11.8 Å². The molecule has 4 N–H and O–H groups in total. The monoisotopic (exact) mass is 521 g/mol. The van der Waals surface area contributed by atoms with Gasteiger partial charge in [0.2, 0.25) is 5.91 Å². The summed E-state index contributed by atoms with van der Waals surface area (Å²) in [5, 5.41) is 12.2. The summed E-state index contributed by atoms with van der Waals surface area (Å²) in [5.74, 6) is 0.782. The van der Waals surface area contributed by atoms with Crippen molar-refractivity contribution in [3.8, 4) is 0 Å². The van der Waals surface area contributed by atoms with E-state index in [2.05, 4.69) is 31.2 Å². The summed E-state index contributed by atoms with van der Waals surface area (Å²) < 4.78 is 0. The number of hydrogen-bond acceptors (Lipinski definition) is 7. The number of likely N-dealkylation sites (N-methyl/N-ethyl adjacent to an activating group) is 1. The second kappa shape index (κ2) is 13.0. The third-order valence-electron chi connectivity index (χ3n) is 5.54. The van der Waals surface area contributed by atoms with Gasteiger partial charge in [-0.15, -0.1) is 0 Å². The molecule has 9 heteroatoms. The van der Waals surface area contributed by atoms with E-state index in [0.717, 1.165) is 11.4 Å². The van der Waals surface area contributed by atoms with E-state index in [4.69, 9.17) is 0 Å². The minimum atomic E-state index is -0.262. The van der Waals surface area contributed by atoms with Crippen molar-refractivity contribution in [3.63, 3.8) is 0 Å². The van der Waals surface area contributed by atoms with Crippen LogP contribution in [-0.2, 0) is 4.79 Å².